The highest BCUT2D eigenvalue weighted by Crippen LogP contribution is 2.30. The molecule has 1 aliphatic heterocycles. The molecule has 4 rings (SSSR count). The summed E-state index contributed by atoms with van der Waals surface area (Å²) >= 11 is 0. The van der Waals surface area contributed by atoms with E-state index in [1.54, 1.807) is 18.2 Å². The Bertz CT molecular complexity index is 1390. The standard InChI is InChI=1S/C28H27N5O6/c1-38-26(36)16-32-14-23-13-22(11-12-24(23)33(30-18-34)15-25(32)35)20-7-9-21(10-8-20)27(29)31-28(37)39-17-19-5-3-2-4-6-19/h2-13,18H,14-17H2,1H3,(H,30,34)(H2,29,31,37). The van der Waals surface area contributed by atoms with Crippen molar-refractivity contribution in [3.8, 4) is 11.1 Å². The van der Waals surface area contributed by atoms with Gasteiger partial charge in [0.15, 0.2) is 0 Å². The van der Waals surface area contributed by atoms with Crippen molar-refractivity contribution in [1.82, 2.24) is 10.3 Å². The van der Waals surface area contributed by atoms with Gasteiger partial charge in [0.1, 0.15) is 25.5 Å². The van der Waals surface area contributed by atoms with Gasteiger partial charge in [-0.1, -0.05) is 60.7 Å². The Morgan fingerprint density at radius 1 is 1.03 bits per heavy atom. The van der Waals surface area contributed by atoms with Crippen LogP contribution < -0.4 is 16.2 Å². The molecule has 0 bridgehead atoms. The minimum atomic E-state index is -0.786. The van der Waals surface area contributed by atoms with Gasteiger partial charge in [-0.15, -0.1) is 0 Å². The molecule has 0 aliphatic carbocycles. The molecule has 11 nitrogen and oxygen atoms in total. The molecule has 0 saturated carbocycles. The summed E-state index contributed by atoms with van der Waals surface area (Å²) in [5.41, 5.74) is 13.0. The van der Waals surface area contributed by atoms with Gasteiger partial charge in [0.2, 0.25) is 12.3 Å². The Labute approximate surface area is 224 Å². The fourth-order valence-corrected chi connectivity index (χ4v) is 4.06. The van der Waals surface area contributed by atoms with E-state index >= 15 is 0 Å². The summed E-state index contributed by atoms with van der Waals surface area (Å²) in [5.74, 6) is -0.861. The number of aliphatic imine (C=N–C) groups is 1. The smallest absolute Gasteiger partial charge is 0.435 e. The molecule has 0 unspecified atom stereocenters. The van der Waals surface area contributed by atoms with E-state index in [4.69, 9.17) is 15.2 Å². The van der Waals surface area contributed by atoms with E-state index in [0.29, 0.717) is 17.7 Å². The molecule has 0 aromatic heterocycles. The number of nitrogens with two attached hydrogens (primary N) is 1. The van der Waals surface area contributed by atoms with Gasteiger partial charge in [-0.25, -0.2) is 4.79 Å². The molecule has 1 aliphatic rings. The molecule has 0 fully saturated rings. The Morgan fingerprint density at radius 3 is 2.44 bits per heavy atom. The number of amidine groups is 1. The lowest BCUT2D eigenvalue weighted by molar-refractivity contribution is -0.146. The normalized spacial score (nSPS) is 13.3. The van der Waals surface area contributed by atoms with Crippen molar-refractivity contribution in [2.75, 3.05) is 25.2 Å². The van der Waals surface area contributed by atoms with Gasteiger partial charge < -0.3 is 20.1 Å². The monoisotopic (exact) mass is 529 g/mol. The molecule has 3 amide bonds. The van der Waals surface area contributed by atoms with E-state index in [0.717, 1.165) is 22.3 Å². The van der Waals surface area contributed by atoms with Crippen molar-refractivity contribution < 1.29 is 28.7 Å². The zero-order valence-electron chi connectivity index (χ0n) is 21.2. The van der Waals surface area contributed by atoms with Crippen LogP contribution in [0.4, 0.5) is 10.5 Å². The Kier molecular flexibility index (Phi) is 8.52. The maximum atomic E-state index is 12.7. The number of carbonyl (C=O) groups is 4. The molecule has 3 aromatic rings. The number of hydrogen-bond acceptors (Lipinski definition) is 7. The van der Waals surface area contributed by atoms with Gasteiger partial charge in [-0.3, -0.25) is 24.8 Å². The lowest BCUT2D eigenvalue weighted by Crippen LogP contribution is -2.44. The minimum absolute atomic E-state index is 0.0223. The summed E-state index contributed by atoms with van der Waals surface area (Å²) in [5, 5.41) is 1.43. The van der Waals surface area contributed by atoms with Crippen LogP contribution in [-0.2, 0) is 37.0 Å². The lowest BCUT2D eigenvalue weighted by atomic mass is 10.00. The third-order valence-corrected chi connectivity index (χ3v) is 6.06. The molecule has 0 spiro atoms. The largest absolute Gasteiger partial charge is 0.468 e. The molecule has 0 radical (unpaired) electrons. The maximum absolute atomic E-state index is 12.7. The molecule has 3 aromatic carbocycles. The zero-order valence-corrected chi connectivity index (χ0v) is 21.2. The third-order valence-electron chi connectivity index (χ3n) is 6.06. The highest BCUT2D eigenvalue weighted by atomic mass is 16.5. The fourth-order valence-electron chi connectivity index (χ4n) is 4.06. The summed E-state index contributed by atoms with van der Waals surface area (Å²) < 4.78 is 9.87. The molecular weight excluding hydrogens is 502 g/mol. The van der Waals surface area contributed by atoms with E-state index < -0.39 is 12.1 Å². The summed E-state index contributed by atoms with van der Waals surface area (Å²) in [6, 6.07) is 21.9. The number of hydrazine groups is 1. The number of rotatable bonds is 8. The summed E-state index contributed by atoms with van der Waals surface area (Å²) in [6.07, 6.45) is -0.297. The van der Waals surface area contributed by atoms with Crippen molar-refractivity contribution in [2.24, 2.45) is 10.7 Å². The molecular formula is C28H27N5O6. The number of carbonyl (C=O) groups excluding carboxylic acids is 4. The van der Waals surface area contributed by atoms with E-state index in [1.165, 1.54) is 17.0 Å². The van der Waals surface area contributed by atoms with Crippen LogP contribution in [0.1, 0.15) is 16.7 Å². The molecule has 1 heterocycles. The molecule has 0 saturated heterocycles. The molecule has 200 valence electrons. The van der Waals surface area contributed by atoms with Crippen LogP contribution in [0.2, 0.25) is 0 Å². The zero-order chi connectivity index (χ0) is 27.8. The Hall–Kier alpha value is -5.19. The second-order valence-electron chi connectivity index (χ2n) is 8.62. The SMILES string of the molecule is COC(=O)CN1Cc2cc(-c3ccc(C(N)=NC(=O)OCc4ccccc4)cc3)ccc2N(NC=O)CC1=O. The first kappa shape index (κ1) is 26.9. The van der Waals surface area contributed by atoms with Gasteiger partial charge in [0.05, 0.1) is 12.8 Å². The lowest BCUT2D eigenvalue weighted by Gasteiger charge is -2.22. The number of benzene rings is 3. The van der Waals surface area contributed by atoms with Crippen molar-refractivity contribution >= 4 is 35.9 Å². The van der Waals surface area contributed by atoms with Crippen LogP contribution in [-0.4, -0.2) is 55.3 Å². The van der Waals surface area contributed by atoms with Gasteiger partial charge in [-0.05, 0) is 34.4 Å². The van der Waals surface area contributed by atoms with E-state index in [1.807, 2.05) is 54.6 Å². The van der Waals surface area contributed by atoms with Gasteiger partial charge in [-0.2, -0.15) is 4.99 Å². The van der Waals surface area contributed by atoms with E-state index in [2.05, 4.69) is 10.4 Å². The van der Waals surface area contributed by atoms with E-state index in [9.17, 15) is 19.2 Å². The maximum Gasteiger partial charge on any atom is 0.435 e. The first-order valence-corrected chi connectivity index (χ1v) is 12.0. The van der Waals surface area contributed by atoms with Gasteiger partial charge >= 0.3 is 12.1 Å². The minimum Gasteiger partial charge on any atom is -0.468 e. The second kappa shape index (κ2) is 12.4. The predicted molar refractivity (Wildman–Crippen MR) is 143 cm³/mol. The third kappa shape index (κ3) is 6.77. The van der Waals surface area contributed by atoms with Crippen molar-refractivity contribution in [3.05, 3.63) is 89.5 Å². The number of hydrogen-bond donors (Lipinski definition) is 2. The molecule has 3 N–H and O–H groups in total. The Balaban J connectivity index is 1.52. The average Bonchev–Trinajstić information content (AvgIpc) is 3.08. The summed E-state index contributed by atoms with van der Waals surface area (Å²) in [6.45, 7) is -0.106. The number of nitrogens with one attached hydrogen (secondary N) is 1. The van der Waals surface area contributed by atoms with Crippen LogP contribution in [0.3, 0.4) is 0 Å². The second-order valence-corrected chi connectivity index (χ2v) is 8.62. The Morgan fingerprint density at radius 2 is 1.74 bits per heavy atom. The average molecular weight is 530 g/mol. The number of amides is 3. The summed E-state index contributed by atoms with van der Waals surface area (Å²) in [7, 11) is 1.26. The molecule has 0 atom stereocenters. The van der Waals surface area contributed by atoms with Crippen LogP contribution >= 0.6 is 0 Å². The van der Waals surface area contributed by atoms with Gasteiger partial charge in [0, 0.05) is 12.1 Å². The highest BCUT2D eigenvalue weighted by molar-refractivity contribution is 6.03. The number of ether oxygens (including phenoxy) is 2. The van der Waals surface area contributed by atoms with Gasteiger partial charge in [0.25, 0.3) is 0 Å². The van der Waals surface area contributed by atoms with Crippen LogP contribution in [0.5, 0.6) is 0 Å². The fraction of sp³-hybridized carbons (Fsp3) is 0.179. The highest BCUT2D eigenvalue weighted by Gasteiger charge is 2.27. The topological polar surface area (TPSA) is 144 Å². The van der Waals surface area contributed by atoms with Crippen molar-refractivity contribution in [2.45, 2.75) is 13.2 Å². The first-order valence-electron chi connectivity index (χ1n) is 12.0. The summed E-state index contributed by atoms with van der Waals surface area (Å²) in [4.78, 5) is 53.0. The molecule has 39 heavy (non-hydrogen) atoms. The van der Waals surface area contributed by atoms with Crippen LogP contribution in [0, 0.1) is 0 Å². The first-order chi connectivity index (χ1) is 18.9. The van der Waals surface area contributed by atoms with E-state index in [-0.39, 0.29) is 38.0 Å². The predicted octanol–water partition coefficient (Wildman–Crippen LogP) is 2.38. The number of anilines is 1. The molecule has 11 heteroatoms. The number of esters is 1. The van der Waals surface area contributed by atoms with Crippen molar-refractivity contribution in [3.63, 3.8) is 0 Å². The number of nitrogens with zero attached hydrogens (tertiary/aromatic N) is 3. The number of fused-ring (bicyclic) bond motifs is 1. The van der Waals surface area contributed by atoms with Crippen LogP contribution in [0.15, 0.2) is 77.8 Å². The van der Waals surface area contributed by atoms with Crippen molar-refractivity contribution in [1.29, 1.82) is 0 Å². The number of methoxy groups -OCH3 is 1. The quantitative estimate of drug-likeness (QED) is 0.196. The van der Waals surface area contributed by atoms with Crippen LogP contribution in [0.25, 0.3) is 11.1 Å².